The van der Waals surface area contributed by atoms with Gasteiger partial charge in [-0.05, 0) is 39.0 Å². The number of hydrogen-bond acceptors (Lipinski definition) is 3. The van der Waals surface area contributed by atoms with Crippen LogP contribution in [0.25, 0.3) is 0 Å². The third-order valence-electron chi connectivity index (χ3n) is 2.15. The van der Waals surface area contributed by atoms with E-state index in [2.05, 4.69) is 5.32 Å². The predicted octanol–water partition coefficient (Wildman–Crippen LogP) is 1.93. The number of halogens is 1. The van der Waals surface area contributed by atoms with E-state index in [-0.39, 0.29) is 35.7 Å². The van der Waals surface area contributed by atoms with Gasteiger partial charge < -0.3 is 10.1 Å². The Morgan fingerprint density at radius 2 is 2.06 bits per heavy atom. The number of nitrogens with one attached hydrogen (secondary N) is 1. The molecule has 1 N–H and O–H groups in total. The van der Waals surface area contributed by atoms with E-state index >= 15 is 0 Å². The van der Waals surface area contributed by atoms with Crippen LogP contribution in [0.2, 0.25) is 0 Å². The Hall–Kier alpha value is -1.91. The number of ketones is 1. The molecule has 4 nitrogen and oxygen atoms in total. The Labute approximate surface area is 105 Å². The van der Waals surface area contributed by atoms with Gasteiger partial charge in [-0.25, -0.2) is 4.39 Å². The molecule has 0 fully saturated rings. The van der Waals surface area contributed by atoms with Crippen LogP contribution in [-0.4, -0.2) is 24.3 Å². The van der Waals surface area contributed by atoms with Crippen LogP contribution in [-0.2, 0) is 4.79 Å². The number of rotatable bonds is 5. The van der Waals surface area contributed by atoms with Crippen LogP contribution < -0.4 is 10.1 Å². The van der Waals surface area contributed by atoms with Gasteiger partial charge in [0.2, 0.25) is 0 Å². The second-order valence-electron chi connectivity index (χ2n) is 4.21. The summed E-state index contributed by atoms with van der Waals surface area (Å²) >= 11 is 0. The van der Waals surface area contributed by atoms with Crippen molar-refractivity contribution < 1.29 is 18.7 Å². The molecule has 0 radical (unpaired) electrons. The van der Waals surface area contributed by atoms with Crippen LogP contribution >= 0.6 is 0 Å². The summed E-state index contributed by atoms with van der Waals surface area (Å²) in [6, 6.07) is 3.90. The summed E-state index contributed by atoms with van der Waals surface area (Å²) in [6.07, 6.45) is 0. The van der Waals surface area contributed by atoms with E-state index in [0.717, 1.165) is 6.07 Å². The van der Waals surface area contributed by atoms with Gasteiger partial charge >= 0.3 is 0 Å². The number of hydrogen-bond donors (Lipinski definition) is 1. The lowest BCUT2D eigenvalue weighted by Crippen LogP contribution is -2.34. The smallest absolute Gasteiger partial charge is 0.258 e. The van der Waals surface area contributed by atoms with Gasteiger partial charge in [-0.1, -0.05) is 0 Å². The molecule has 5 heteroatoms. The second-order valence-corrected chi connectivity index (χ2v) is 4.21. The summed E-state index contributed by atoms with van der Waals surface area (Å²) in [5, 5.41) is 2.62. The van der Waals surface area contributed by atoms with Crippen molar-refractivity contribution in [3.05, 3.63) is 29.6 Å². The second kappa shape index (κ2) is 6.14. The first-order valence-corrected chi connectivity index (χ1v) is 5.62. The fourth-order valence-electron chi connectivity index (χ4n) is 1.34. The lowest BCUT2D eigenvalue weighted by Gasteiger charge is -2.10. The molecule has 0 aromatic heterocycles. The van der Waals surface area contributed by atoms with E-state index in [1.165, 1.54) is 19.1 Å². The Morgan fingerprint density at radius 1 is 1.39 bits per heavy atom. The number of carbonyl (C=O) groups excluding carboxylic acids is 2. The maximum Gasteiger partial charge on any atom is 0.258 e. The molecule has 0 aliphatic heterocycles. The van der Waals surface area contributed by atoms with E-state index in [1.807, 2.05) is 13.8 Å². The maximum atomic E-state index is 13.5. The standard InChI is InChI=1S/C13H16FNO3/c1-8(2)15-13(17)7-18-12-5-4-10(9(3)16)6-11(12)14/h4-6,8H,7H2,1-3H3,(H,15,17). The first kappa shape index (κ1) is 14.2. The van der Waals surface area contributed by atoms with Crippen LogP contribution in [0.1, 0.15) is 31.1 Å². The fourth-order valence-corrected chi connectivity index (χ4v) is 1.34. The Balaban J connectivity index is 2.63. The van der Waals surface area contributed by atoms with Gasteiger partial charge in [0.05, 0.1) is 0 Å². The number of benzene rings is 1. The highest BCUT2D eigenvalue weighted by molar-refractivity contribution is 5.94. The van der Waals surface area contributed by atoms with E-state index in [0.29, 0.717) is 0 Å². The molecule has 1 amide bonds. The molecule has 0 saturated heterocycles. The van der Waals surface area contributed by atoms with Crippen molar-refractivity contribution in [3.8, 4) is 5.75 Å². The molecule has 1 aromatic rings. The minimum absolute atomic E-state index is 0.00559. The van der Waals surface area contributed by atoms with Crippen molar-refractivity contribution >= 4 is 11.7 Å². The summed E-state index contributed by atoms with van der Waals surface area (Å²) < 4.78 is 18.6. The number of Topliss-reactive ketones (excluding diaryl/α,β-unsaturated/α-hetero) is 1. The molecule has 18 heavy (non-hydrogen) atoms. The van der Waals surface area contributed by atoms with Crippen molar-refractivity contribution in [3.63, 3.8) is 0 Å². The van der Waals surface area contributed by atoms with Gasteiger partial charge in [-0.2, -0.15) is 0 Å². The van der Waals surface area contributed by atoms with Gasteiger partial charge in [-0.3, -0.25) is 9.59 Å². The maximum absolute atomic E-state index is 13.5. The molecule has 0 aliphatic rings. The molecule has 98 valence electrons. The van der Waals surface area contributed by atoms with E-state index < -0.39 is 5.82 Å². The van der Waals surface area contributed by atoms with Crippen LogP contribution in [0.15, 0.2) is 18.2 Å². The molecule has 0 spiro atoms. The fraction of sp³-hybridized carbons (Fsp3) is 0.385. The molecule has 0 atom stereocenters. The van der Waals surface area contributed by atoms with Crippen LogP contribution in [0, 0.1) is 5.82 Å². The zero-order chi connectivity index (χ0) is 13.7. The molecule has 0 heterocycles. The lowest BCUT2D eigenvalue weighted by atomic mass is 10.1. The predicted molar refractivity (Wildman–Crippen MR) is 65.2 cm³/mol. The molecule has 0 aliphatic carbocycles. The summed E-state index contributed by atoms with van der Waals surface area (Å²) in [7, 11) is 0. The van der Waals surface area contributed by atoms with Crippen molar-refractivity contribution in [1.82, 2.24) is 5.32 Å². The molecule has 0 unspecified atom stereocenters. The van der Waals surface area contributed by atoms with Crippen LogP contribution in [0.4, 0.5) is 4.39 Å². The quantitative estimate of drug-likeness (QED) is 0.816. The van der Waals surface area contributed by atoms with E-state index in [9.17, 15) is 14.0 Å². The normalized spacial score (nSPS) is 10.3. The largest absolute Gasteiger partial charge is 0.481 e. The lowest BCUT2D eigenvalue weighted by molar-refractivity contribution is -0.123. The summed E-state index contributed by atoms with van der Waals surface area (Å²) in [6.45, 7) is 4.74. The Kier molecular flexibility index (Phi) is 4.83. The van der Waals surface area contributed by atoms with E-state index in [4.69, 9.17) is 4.74 Å². The third-order valence-corrected chi connectivity index (χ3v) is 2.15. The first-order chi connectivity index (χ1) is 8.40. The van der Waals surface area contributed by atoms with Crippen molar-refractivity contribution in [1.29, 1.82) is 0 Å². The highest BCUT2D eigenvalue weighted by Gasteiger charge is 2.10. The van der Waals surface area contributed by atoms with Gasteiger partial charge in [0.25, 0.3) is 5.91 Å². The highest BCUT2D eigenvalue weighted by Crippen LogP contribution is 2.18. The zero-order valence-electron chi connectivity index (χ0n) is 10.6. The van der Waals surface area contributed by atoms with Crippen LogP contribution in [0.3, 0.4) is 0 Å². The summed E-state index contributed by atoms with van der Waals surface area (Å²) in [4.78, 5) is 22.3. The topological polar surface area (TPSA) is 55.4 Å². The molecule has 1 aromatic carbocycles. The number of ether oxygens (including phenoxy) is 1. The SMILES string of the molecule is CC(=O)c1ccc(OCC(=O)NC(C)C)c(F)c1. The molecule has 0 saturated carbocycles. The van der Waals surface area contributed by atoms with Crippen molar-refractivity contribution in [2.45, 2.75) is 26.8 Å². The summed E-state index contributed by atoms with van der Waals surface area (Å²) in [5.41, 5.74) is 0.270. The van der Waals surface area contributed by atoms with Crippen molar-refractivity contribution in [2.75, 3.05) is 6.61 Å². The Morgan fingerprint density at radius 3 is 2.56 bits per heavy atom. The molecule has 0 bridgehead atoms. The zero-order valence-corrected chi connectivity index (χ0v) is 10.6. The van der Waals surface area contributed by atoms with E-state index in [1.54, 1.807) is 0 Å². The average molecular weight is 253 g/mol. The minimum Gasteiger partial charge on any atom is -0.481 e. The van der Waals surface area contributed by atoms with Gasteiger partial charge in [0, 0.05) is 11.6 Å². The number of carbonyl (C=O) groups is 2. The Bertz CT molecular complexity index is 458. The van der Waals surface area contributed by atoms with Crippen LogP contribution in [0.5, 0.6) is 5.75 Å². The molecular formula is C13H16FNO3. The highest BCUT2D eigenvalue weighted by atomic mass is 19.1. The first-order valence-electron chi connectivity index (χ1n) is 5.62. The third kappa shape index (κ3) is 4.16. The molecular weight excluding hydrogens is 237 g/mol. The van der Waals surface area contributed by atoms with Gasteiger partial charge in [0.1, 0.15) is 0 Å². The molecule has 1 rings (SSSR count). The van der Waals surface area contributed by atoms with Gasteiger partial charge in [-0.15, -0.1) is 0 Å². The average Bonchev–Trinajstić information content (AvgIpc) is 2.26. The van der Waals surface area contributed by atoms with Gasteiger partial charge in [0.15, 0.2) is 24.0 Å². The van der Waals surface area contributed by atoms with Crippen molar-refractivity contribution in [2.24, 2.45) is 0 Å². The number of amides is 1. The summed E-state index contributed by atoms with van der Waals surface area (Å²) in [5.74, 6) is -1.24. The minimum atomic E-state index is -0.653. The monoisotopic (exact) mass is 253 g/mol.